The van der Waals surface area contributed by atoms with E-state index < -0.39 is 0 Å². The molecule has 12 rings (SSSR count). The fourth-order valence-electron chi connectivity index (χ4n) is 18.4. The highest BCUT2D eigenvalue weighted by atomic mass is 32.2. The van der Waals surface area contributed by atoms with E-state index in [2.05, 4.69) is 33.3 Å². The molecule has 0 aromatic carbocycles. The smallest absolute Gasteiger partial charge is 0.0252 e. The van der Waals surface area contributed by atoms with Gasteiger partial charge < -0.3 is 0 Å². The number of rotatable bonds is 1. The van der Waals surface area contributed by atoms with Crippen LogP contribution in [-0.2, 0) is 0 Å². The number of piperidine rings is 2. The average molecular weight is 689 g/mol. The van der Waals surface area contributed by atoms with Crippen molar-refractivity contribution in [3.63, 3.8) is 0 Å². The second-order valence-electron chi connectivity index (χ2n) is 20.5. The molecule has 0 radical (unpaired) electrons. The molecule has 4 heteroatoms. The third-order valence-corrected chi connectivity index (χ3v) is 22.8. The Morgan fingerprint density at radius 3 is 1.12 bits per heavy atom. The topological polar surface area (TPSA) is 6.48 Å². The van der Waals surface area contributed by atoms with Crippen molar-refractivity contribution in [3.8, 4) is 0 Å². The molecule has 8 saturated carbocycles. The van der Waals surface area contributed by atoms with Crippen LogP contribution in [-0.4, -0.2) is 67.1 Å². The monoisotopic (exact) mass is 688 g/mol. The standard InChI is InChI=1S/C44H68N2S2/c1-3-17-37-33(15-1)45-35-23-21-25(27-9-5-11-29(41(27)35)31-13-7-19-39(47-37)43(31)45)26-22-24-36-42-28(26)10-6-12-30(42)32-14-8-20-40-44(32)46(36)34-16-2-4-18-38(34)48-40/h25-44H,1-24H2. The molecule has 0 spiro atoms. The quantitative estimate of drug-likeness (QED) is 0.270. The predicted octanol–water partition coefficient (Wildman–Crippen LogP) is 10.4. The Labute approximate surface area is 302 Å². The molecular formula is C44H68N2S2. The second kappa shape index (κ2) is 12.1. The van der Waals surface area contributed by atoms with Crippen LogP contribution in [0.2, 0.25) is 0 Å². The normalized spacial score (nSPS) is 60.2. The van der Waals surface area contributed by atoms with Crippen LogP contribution in [0.15, 0.2) is 0 Å². The van der Waals surface area contributed by atoms with E-state index in [9.17, 15) is 0 Å². The van der Waals surface area contributed by atoms with Gasteiger partial charge in [-0.25, -0.2) is 0 Å². The highest BCUT2D eigenvalue weighted by Crippen LogP contribution is 2.66. The summed E-state index contributed by atoms with van der Waals surface area (Å²) in [5.41, 5.74) is 0. The Bertz CT molecular complexity index is 1130. The van der Waals surface area contributed by atoms with E-state index in [0.29, 0.717) is 0 Å². The van der Waals surface area contributed by atoms with Gasteiger partial charge in [0.1, 0.15) is 0 Å². The van der Waals surface area contributed by atoms with E-state index in [1.165, 1.54) is 25.7 Å². The summed E-state index contributed by atoms with van der Waals surface area (Å²) in [6, 6.07) is 5.80. The molecule has 12 aliphatic rings. The first-order valence-corrected chi connectivity index (χ1v) is 24.6. The molecule has 8 aliphatic carbocycles. The molecular weight excluding hydrogens is 621 g/mol. The molecule has 4 aliphatic heterocycles. The van der Waals surface area contributed by atoms with Gasteiger partial charge in [0.15, 0.2) is 0 Å². The zero-order chi connectivity index (χ0) is 31.1. The van der Waals surface area contributed by atoms with Crippen LogP contribution >= 0.6 is 23.5 Å². The van der Waals surface area contributed by atoms with Crippen molar-refractivity contribution in [1.29, 1.82) is 0 Å². The van der Waals surface area contributed by atoms with Gasteiger partial charge in [-0.3, -0.25) is 9.80 Å². The zero-order valence-corrected chi connectivity index (χ0v) is 31.9. The molecule has 0 N–H and O–H groups in total. The summed E-state index contributed by atoms with van der Waals surface area (Å²) < 4.78 is 0. The Morgan fingerprint density at radius 2 is 0.646 bits per heavy atom. The van der Waals surface area contributed by atoms with E-state index >= 15 is 0 Å². The number of thioether (sulfide) groups is 2. The van der Waals surface area contributed by atoms with Crippen LogP contribution in [0.1, 0.15) is 154 Å². The molecule has 0 bridgehead atoms. The van der Waals surface area contributed by atoms with Crippen LogP contribution in [0.4, 0.5) is 0 Å². The Kier molecular flexibility index (Phi) is 7.80. The van der Waals surface area contributed by atoms with Gasteiger partial charge in [0, 0.05) is 57.3 Å². The van der Waals surface area contributed by atoms with Gasteiger partial charge in [0.05, 0.1) is 0 Å². The third-order valence-electron chi connectivity index (χ3n) is 19.3. The summed E-state index contributed by atoms with van der Waals surface area (Å²) in [5, 5.41) is 3.94. The lowest BCUT2D eigenvalue weighted by atomic mass is 9.46. The van der Waals surface area contributed by atoms with Crippen molar-refractivity contribution in [3.05, 3.63) is 0 Å². The number of fused-ring (bicyclic) bond motifs is 8. The van der Waals surface area contributed by atoms with Gasteiger partial charge in [-0.15, -0.1) is 0 Å². The molecule has 4 heterocycles. The highest BCUT2D eigenvalue weighted by Gasteiger charge is 2.65. The first kappa shape index (κ1) is 31.0. The van der Waals surface area contributed by atoms with Crippen molar-refractivity contribution >= 4 is 23.5 Å². The van der Waals surface area contributed by atoms with E-state index in [1.807, 2.05) is 0 Å². The SMILES string of the molecule is C1CCC2C(C1)SC1CCCC3C4CCCC5C(C6CCC7C8C6CCCC8C6CCCC8SC9CCCCC9N7C86)CCC(C54)N2C13. The molecule has 20 unspecified atom stereocenters. The van der Waals surface area contributed by atoms with E-state index in [1.54, 1.807) is 128 Å². The van der Waals surface area contributed by atoms with Crippen molar-refractivity contribution in [1.82, 2.24) is 9.80 Å². The van der Waals surface area contributed by atoms with Crippen LogP contribution < -0.4 is 0 Å². The third kappa shape index (κ3) is 4.39. The van der Waals surface area contributed by atoms with Gasteiger partial charge >= 0.3 is 0 Å². The lowest BCUT2D eigenvalue weighted by Gasteiger charge is -2.70. The molecule has 12 fully saturated rings. The first-order chi connectivity index (χ1) is 23.8. The number of nitrogens with zero attached hydrogens (tertiary/aromatic N) is 2. The predicted molar refractivity (Wildman–Crippen MR) is 202 cm³/mol. The Balaban J connectivity index is 0.876. The maximum Gasteiger partial charge on any atom is 0.0252 e. The summed E-state index contributed by atoms with van der Waals surface area (Å²) in [4.78, 5) is 6.85. The van der Waals surface area contributed by atoms with E-state index in [4.69, 9.17) is 0 Å². The molecule has 20 atom stereocenters. The largest absolute Gasteiger partial charge is 0.292 e. The highest BCUT2D eigenvalue weighted by molar-refractivity contribution is 8.00. The fourth-order valence-corrected chi connectivity index (χ4v) is 22.4. The lowest BCUT2D eigenvalue weighted by Crippen LogP contribution is -2.73. The van der Waals surface area contributed by atoms with Gasteiger partial charge in [0.2, 0.25) is 0 Å². The van der Waals surface area contributed by atoms with Crippen LogP contribution in [0.25, 0.3) is 0 Å². The van der Waals surface area contributed by atoms with Crippen molar-refractivity contribution < 1.29 is 0 Å². The fraction of sp³-hybridized carbons (Fsp3) is 1.00. The summed E-state index contributed by atoms with van der Waals surface area (Å²) in [6.07, 6.45) is 37.8. The van der Waals surface area contributed by atoms with Crippen molar-refractivity contribution in [2.45, 2.75) is 211 Å². The Hall–Kier alpha value is 0.620. The first-order valence-electron chi connectivity index (χ1n) is 22.7. The minimum Gasteiger partial charge on any atom is -0.292 e. The number of hydrogen-bond donors (Lipinski definition) is 0. The lowest BCUT2D eigenvalue weighted by molar-refractivity contribution is -0.181. The maximum absolute atomic E-state index is 3.42. The molecule has 4 saturated heterocycles. The van der Waals surface area contributed by atoms with E-state index in [0.717, 1.165) is 116 Å². The minimum absolute atomic E-state index is 0.950. The molecule has 0 amide bonds. The van der Waals surface area contributed by atoms with Crippen LogP contribution in [0.3, 0.4) is 0 Å². The van der Waals surface area contributed by atoms with Crippen molar-refractivity contribution in [2.24, 2.45) is 59.2 Å². The zero-order valence-electron chi connectivity index (χ0n) is 30.2. The molecule has 0 aromatic heterocycles. The second-order valence-corrected chi connectivity index (χ2v) is 23.5. The maximum atomic E-state index is 3.42. The summed E-state index contributed by atoms with van der Waals surface area (Å²) >= 11 is 5.09. The van der Waals surface area contributed by atoms with Gasteiger partial charge in [-0.1, -0.05) is 51.4 Å². The van der Waals surface area contributed by atoms with Crippen LogP contribution in [0, 0.1) is 59.2 Å². The molecule has 0 aromatic rings. The van der Waals surface area contributed by atoms with Gasteiger partial charge in [-0.2, -0.15) is 23.5 Å². The van der Waals surface area contributed by atoms with Gasteiger partial charge in [-0.05, 0) is 162 Å². The summed E-state index contributed by atoms with van der Waals surface area (Å²) in [5.74, 6) is 10.8. The van der Waals surface area contributed by atoms with Crippen LogP contribution in [0.5, 0.6) is 0 Å². The summed E-state index contributed by atoms with van der Waals surface area (Å²) in [6.45, 7) is 0. The summed E-state index contributed by atoms with van der Waals surface area (Å²) in [7, 11) is 0. The van der Waals surface area contributed by atoms with Gasteiger partial charge in [0.25, 0.3) is 0 Å². The van der Waals surface area contributed by atoms with E-state index in [-0.39, 0.29) is 0 Å². The molecule has 2 nitrogen and oxygen atoms in total. The average Bonchev–Trinajstić information content (AvgIpc) is 3.14. The number of hydrogen-bond acceptors (Lipinski definition) is 4. The molecule has 266 valence electrons. The minimum atomic E-state index is 0.950. The molecule has 48 heavy (non-hydrogen) atoms. The van der Waals surface area contributed by atoms with Crippen molar-refractivity contribution in [2.75, 3.05) is 0 Å². The Morgan fingerprint density at radius 1 is 0.271 bits per heavy atom.